The second kappa shape index (κ2) is 4.89. The zero-order chi connectivity index (χ0) is 16.1. The first-order valence-electron chi connectivity index (χ1n) is 7.10. The lowest BCUT2D eigenvalue weighted by atomic mass is 9.93. The Morgan fingerprint density at radius 3 is 2.59 bits per heavy atom. The Morgan fingerprint density at radius 2 is 2.00 bits per heavy atom. The molecule has 1 aliphatic carbocycles. The van der Waals surface area contributed by atoms with E-state index in [9.17, 15) is 18.0 Å². The number of benzene rings is 1. The standard InChI is InChI=1S/C15H18N2O4S/c1-10(18)16-13-6-4-3-5-12(13)14(19)15-7-11(15)8-17(9-15)22(2,20)21/h3-6,11H,7-9H2,1-2H3,(H,16,18)/t11-,15-/m1/s1. The smallest absolute Gasteiger partial charge is 0.221 e. The number of hydrogen-bond donors (Lipinski definition) is 1. The van der Waals surface area contributed by atoms with Crippen LogP contribution >= 0.6 is 0 Å². The minimum absolute atomic E-state index is 0.0759. The highest BCUT2D eigenvalue weighted by Crippen LogP contribution is 2.60. The van der Waals surface area contributed by atoms with Crippen molar-refractivity contribution in [1.29, 1.82) is 0 Å². The number of piperidine rings is 1. The van der Waals surface area contributed by atoms with Gasteiger partial charge in [0.25, 0.3) is 0 Å². The molecule has 1 saturated carbocycles. The van der Waals surface area contributed by atoms with Gasteiger partial charge >= 0.3 is 0 Å². The van der Waals surface area contributed by atoms with Crippen LogP contribution in [-0.2, 0) is 14.8 Å². The van der Waals surface area contributed by atoms with Crippen molar-refractivity contribution in [3.05, 3.63) is 29.8 Å². The van der Waals surface area contributed by atoms with Gasteiger partial charge < -0.3 is 5.32 Å². The first-order chi connectivity index (χ1) is 10.2. The lowest BCUT2D eigenvalue weighted by molar-refractivity contribution is -0.114. The summed E-state index contributed by atoms with van der Waals surface area (Å²) in [6.07, 6.45) is 1.88. The number of hydrogen-bond acceptors (Lipinski definition) is 4. The summed E-state index contributed by atoms with van der Waals surface area (Å²) in [6, 6.07) is 6.87. The van der Waals surface area contributed by atoms with Crippen LogP contribution in [0.3, 0.4) is 0 Å². The van der Waals surface area contributed by atoms with Crippen molar-refractivity contribution >= 4 is 27.4 Å². The van der Waals surface area contributed by atoms with Crippen molar-refractivity contribution in [3.8, 4) is 0 Å². The molecule has 0 bridgehead atoms. The molecule has 7 heteroatoms. The molecule has 118 valence electrons. The molecular weight excluding hydrogens is 304 g/mol. The molecule has 1 N–H and O–H groups in total. The fourth-order valence-corrected chi connectivity index (χ4v) is 4.20. The topological polar surface area (TPSA) is 83.6 Å². The highest BCUT2D eigenvalue weighted by molar-refractivity contribution is 7.88. The van der Waals surface area contributed by atoms with Gasteiger partial charge in [0.1, 0.15) is 0 Å². The number of carbonyl (C=O) groups excluding carboxylic acids is 2. The monoisotopic (exact) mass is 322 g/mol. The molecule has 6 nitrogen and oxygen atoms in total. The average Bonchev–Trinajstić information content (AvgIpc) is 2.99. The molecule has 3 rings (SSSR count). The molecule has 1 aromatic carbocycles. The van der Waals surface area contributed by atoms with Crippen LogP contribution in [0.25, 0.3) is 0 Å². The van der Waals surface area contributed by atoms with Gasteiger partial charge in [0, 0.05) is 25.6 Å². The summed E-state index contributed by atoms with van der Waals surface area (Å²) in [5, 5.41) is 2.66. The van der Waals surface area contributed by atoms with Crippen LogP contribution in [0, 0.1) is 11.3 Å². The van der Waals surface area contributed by atoms with Crippen LogP contribution in [0.5, 0.6) is 0 Å². The van der Waals surface area contributed by atoms with Gasteiger partial charge in [-0.3, -0.25) is 9.59 Å². The Balaban J connectivity index is 1.89. The summed E-state index contributed by atoms with van der Waals surface area (Å²) in [5.74, 6) is -0.234. The third kappa shape index (κ3) is 2.44. The minimum atomic E-state index is -3.28. The number of ketones is 1. The maximum Gasteiger partial charge on any atom is 0.221 e. The Hall–Kier alpha value is -1.73. The Labute approximate surface area is 129 Å². The molecule has 2 fully saturated rings. The van der Waals surface area contributed by atoms with E-state index in [1.165, 1.54) is 17.5 Å². The molecule has 2 atom stereocenters. The van der Waals surface area contributed by atoms with E-state index >= 15 is 0 Å². The van der Waals surface area contributed by atoms with E-state index in [4.69, 9.17) is 0 Å². The highest BCUT2D eigenvalue weighted by Gasteiger charge is 2.66. The second-order valence-electron chi connectivity index (χ2n) is 6.17. The Kier molecular flexibility index (Phi) is 3.37. The Bertz CT molecular complexity index is 759. The fourth-order valence-electron chi connectivity index (χ4n) is 3.29. The SMILES string of the molecule is CC(=O)Nc1ccccc1C(=O)[C@@]12C[C@@H]1CN(S(C)(=O)=O)C2. The van der Waals surface area contributed by atoms with Gasteiger partial charge in [0.15, 0.2) is 5.78 Å². The first kappa shape index (κ1) is 15.2. The van der Waals surface area contributed by atoms with E-state index in [2.05, 4.69) is 5.32 Å². The summed E-state index contributed by atoms with van der Waals surface area (Å²) in [5.41, 5.74) is 0.325. The van der Waals surface area contributed by atoms with E-state index in [1.54, 1.807) is 24.3 Å². The van der Waals surface area contributed by atoms with Gasteiger partial charge in [0.05, 0.1) is 17.4 Å². The highest BCUT2D eigenvalue weighted by atomic mass is 32.2. The van der Waals surface area contributed by atoms with Crippen molar-refractivity contribution in [2.75, 3.05) is 24.7 Å². The zero-order valence-electron chi connectivity index (χ0n) is 12.5. The summed E-state index contributed by atoms with van der Waals surface area (Å²) in [6.45, 7) is 2.04. The van der Waals surface area contributed by atoms with E-state index in [0.717, 1.165) is 0 Å². The van der Waals surface area contributed by atoms with Gasteiger partial charge in [0.2, 0.25) is 15.9 Å². The lowest BCUT2D eigenvalue weighted by Gasteiger charge is -2.19. The number of rotatable bonds is 4. The molecule has 1 aromatic rings. The van der Waals surface area contributed by atoms with Crippen LogP contribution in [0.2, 0.25) is 0 Å². The Morgan fingerprint density at radius 1 is 1.32 bits per heavy atom. The zero-order valence-corrected chi connectivity index (χ0v) is 13.3. The molecule has 2 aliphatic rings. The van der Waals surface area contributed by atoms with Crippen molar-refractivity contribution in [1.82, 2.24) is 4.31 Å². The fraction of sp³-hybridized carbons (Fsp3) is 0.467. The van der Waals surface area contributed by atoms with E-state index < -0.39 is 15.4 Å². The molecule has 22 heavy (non-hydrogen) atoms. The first-order valence-corrected chi connectivity index (χ1v) is 8.95. The van der Waals surface area contributed by atoms with Crippen molar-refractivity contribution in [2.45, 2.75) is 13.3 Å². The maximum atomic E-state index is 12.9. The maximum absolute atomic E-state index is 12.9. The molecule has 0 aromatic heterocycles. The number of Topliss-reactive ketones (excluding diaryl/α,β-unsaturated/α-hetero) is 1. The average molecular weight is 322 g/mol. The molecule has 1 heterocycles. The van der Waals surface area contributed by atoms with E-state index in [1.807, 2.05) is 0 Å². The van der Waals surface area contributed by atoms with Crippen molar-refractivity contribution < 1.29 is 18.0 Å². The molecule has 1 amide bonds. The summed E-state index contributed by atoms with van der Waals surface area (Å²) < 4.78 is 24.7. The lowest BCUT2D eigenvalue weighted by Crippen LogP contribution is -2.33. The van der Waals surface area contributed by atoms with Crippen molar-refractivity contribution in [2.24, 2.45) is 11.3 Å². The predicted octanol–water partition coefficient (Wildman–Crippen LogP) is 1.11. The number of carbonyl (C=O) groups is 2. The van der Waals surface area contributed by atoms with Gasteiger partial charge in [-0.05, 0) is 24.5 Å². The third-order valence-electron chi connectivity index (χ3n) is 4.52. The molecular formula is C15H18N2O4S. The summed E-state index contributed by atoms with van der Waals surface area (Å²) in [7, 11) is -3.28. The normalized spacial score (nSPS) is 27.3. The third-order valence-corrected chi connectivity index (χ3v) is 5.73. The van der Waals surface area contributed by atoms with E-state index in [-0.39, 0.29) is 24.2 Å². The van der Waals surface area contributed by atoms with Crippen LogP contribution in [-0.4, -0.2) is 43.8 Å². The molecule has 1 saturated heterocycles. The van der Waals surface area contributed by atoms with Crippen molar-refractivity contribution in [3.63, 3.8) is 0 Å². The van der Waals surface area contributed by atoms with Crippen LogP contribution in [0.4, 0.5) is 5.69 Å². The van der Waals surface area contributed by atoms with Crippen LogP contribution in [0.1, 0.15) is 23.7 Å². The van der Waals surface area contributed by atoms with Crippen LogP contribution in [0.15, 0.2) is 24.3 Å². The largest absolute Gasteiger partial charge is 0.326 e. The van der Waals surface area contributed by atoms with Gasteiger partial charge in [-0.1, -0.05) is 12.1 Å². The van der Waals surface area contributed by atoms with Gasteiger partial charge in [-0.15, -0.1) is 0 Å². The number of nitrogens with zero attached hydrogens (tertiary/aromatic N) is 1. The van der Waals surface area contributed by atoms with Gasteiger partial charge in [-0.25, -0.2) is 12.7 Å². The second-order valence-corrected chi connectivity index (χ2v) is 8.15. The van der Waals surface area contributed by atoms with Gasteiger partial charge in [-0.2, -0.15) is 0 Å². The number of fused-ring (bicyclic) bond motifs is 1. The number of anilines is 1. The summed E-state index contributed by atoms with van der Waals surface area (Å²) in [4.78, 5) is 24.2. The van der Waals surface area contributed by atoms with E-state index in [0.29, 0.717) is 24.2 Å². The minimum Gasteiger partial charge on any atom is -0.326 e. The van der Waals surface area contributed by atoms with Crippen LogP contribution < -0.4 is 5.32 Å². The molecule has 0 spiro atoms. The number of para-hydroxylation sites is 1. The molecule has 0 radical (unpaired) electrons. The number of amides is 1. The molecule has 1 aliphatic heterocycles. The predicted molar refractivity (Wildman–Crippen MR) is 82.0 cm³/mol. The molecule has 0 unspecified atom stereocenters. The quantitative estimate of drug-likeness (QED) is 0.842. The number of nitrogens with one attached hydrogen (secondary N) is 1. The number of sulfonamides is 1. The summed E-state index contributed by atoms with van der Waals surface area (Å²) >= 11 is 0.